The van der Waals surface area contributed by atoms with Gasteiger partial charge in [-0.15, -0.1) is 11.3 Å². The summed E-state index contributed by atoms with van der Waals surface area (Å²) in [6.45, 7) is 8.58. The summed E-state index contributed by atoms with van der Waals surface area (Å²) in [6, 6.07) is 2.13. The van der Waals surface area contributed by atoms with Crippen LogP contribution in [0.3, 0.4) is 0 Å². The Hall–Kier alpha value is -3.45. The van der Waals surface area contributed by atoms with Crippen molar-refractivity contribution in [3.63, 3.8) is 0 Å². The Morgan fingerprint density at radius 1 is 1.23 bits per heavy atom. The van der Waals surface area contributed by atoms with Crippen LogP contribution in [-0.2, 0) is 16.6 Å². The van der Waals surface area contributed by atoms with Crippen LogP contribution in [0.4, 0.5) is 15.3 Å². The van der Waals surface area contributed by atoms with Crippen molar-refractivity contribution in [3.05, 3.63) is 21.9 Å². The number of likely N-dealkylation sites (tertiary alicyclic amines) is 1. The van der Waals surface area contributed by atoms with Gasteiger partial charge in [-0.25, -0.2) is 4.39 Å². The van der Waals surface area contributed by atoms with Crippen molar-refractivity contribution < 1.29 is 23.5 Å². The van der Waals surface area contributed by atoms with Gasteiger partial charge in [-0.1, -0.05) is 5.16 Å². The first-order chi connectivity index (χ1) is 20.9. The standard InChI is InChI=1S/C29H38FN9O4S/c1-15-11-39(13-28(3,40)14-41-15)26-34-23(35-27(36-26)42-16(2)19-9-17(30)12-38(19)5)24-33-25(43-37-24)29(4)8-6-7-20-21(29)18(10-31)22(32)44-20/h15-17,19,40H,6-9,11-14,32H2,1-5H3/t15-,16+,17-,19+,28-,29+/m1/s1. The van der Waals surface area contributed by atoms with Crippen molar-refractivity contribution in [2.75, 3.05) is 43.9 Å². The normalized spacial score (nSPS) is 30.0. The van der Waals surface area contributed by atoms with Crippen LogP contribution in [0.5, 0.6) is 6.01 Å². The van der Waals surface area contributed by atoms with Gasteiger partial charge in [0.05, 0.1) is 30.2 Å². The molecule has 5 heterocycles. The van der Waals surface area contributed by atoms with Gasteiger partial charge in [0.25, 0.3) is 0 Å². The maximum atomic E-state index is 14.2. The Morgan fingerprint density at radius 3 is 2.75 bits per heavy atom. The first kappa shape index (κ1) is 30.6. The van der Waals surface area contributed by atoms with Gasteiger partial charge >= 0.3 is 6.01 Å². The highest BCUT2D eigenvalue weighted by Gasteiger charge is 2.43. The molecule has 1 aliphatic carbocycles. The van der Waals surface area contributed by atoms with E-state index in [1.54, 1.807) is 6.92 Å². The number of nitrogen functional groups attached to an aromatic ring is 1. The monoisotopic (exact) mass is 627 g/mol. The Morgan fingerprint density at radius 2 is 2.02 bits per heavy atom. The summed E-state index contributed by atoms with van der Waals surface area (Å²) >= 11 is 1.43. The van der Waals surface area contributed by atoms with E-state index in [0.29, 0.717) is 42.4 Å². The van der Waals surface area contributed by atoms with E-state index in [2.05, 4.69) is 21.2 Å². The zero-order valence-corrected chi connectivity index (χ0v) is 26.4. The second kappa shape index (κ2) is 11.5. The van der Waals surface area contributed by atoms with Crippen LogP contribution in [0.2, 0.25) is 0 Å². The highest BCUT2D eigenvalue weighted by Crippen LogP contribution is 2.48. The fourth-order valence-corrected chi connectivity index (χ4v) is 7.80. The molecule has 0 amide bonds. The summed E-state index contributed by atoms with van der Waals surface area (Å²) in [5, 5.41) is 25.5. The largest absolute Gasteiger partial charge is 0.459 e. The number of halogens is 1. The maximum Gasteiger partial charge on any atom is 0.322 e. The van der Waals surface area contributed by atoms with E-state index in [-0.39, 0.29) is 48.9 Å². The van der Waals surface area contributed by atoms with E-state index in [9.17, 15) is 14.8 Å². The number of aromatic nitrogens is 5. The predicted octanol–water partition coefficient (Wildman–Crippen LogP) is 2.86. The number of thiophene rings is 1. The van der Waals surface area contributed by atoms with E-state index < -0.39 is 23.3 Å². The number of alkyl halides is 1. The lowest BCUT2D eigenvalue weighted by Gasteiger charge is -2.30. The van der Waals surface area contributed by atoms with Crippen LogP contribution in [0.25, 0.3) is 11.6 Å². The summed E-state index contributed by atoms with van der Waals surface area (Å²) < 4.78 is 32.0. The fraction of sp³-hybridized carbons (Fsp3) is 0.655. The number of fused-ring (bicyclic) bond motifs is 1. The Balaban J connectivity index is 1.39. The van der Waals surface area contributed by atoms with Crippen LogP contribution < -0.4 is 15.4 Å². The molecule has 0 radical (unpaired) electrons. The first-order valence-corrected chi connectivity index (χ1v) is 15.7. The second-order valence-electron chi connectivity index (χ2n) is 12.8. The molecule has 236 valence electrons. The molecule has 6 atom stereocenters. The summed E-state index contributed by atoms with van der Waals surface area (Å²) in [4.78, 5) is 23.4. The molecule has 0 unspecified atom stereocenters. The number of hydrogen-bond acceptors (Lipinski definition) is 14. The number of rotatable bonds is 6. The van der Waals surface area contributed by atoms with Gasteiger partial charge in [0.2, 0.25) is 23.5 Å². The van der Waals surface area contributed by atoms with Gasteiger partial charge < -0.3 is 29.7 Å². The number of ether oxygens (including phenoxy) is 2. The van der Waals surface area contributed by atoms with Crippen molar-refractivity contribution in [2.24, 2.45) is 0 Å². The fourth-order valence-electron chi connectivity index (χ4n) is 6.61. The van der Waals surface area contributed by atoms with Crippen molar-refractivity contribution in [3.8, 4) is 23.7 Å². The zero-order valence-electron chi connectivity index (χ0n) is 25.6. The minimum Gasteiger partial charge on any atom is -0.459 e. The van der Waals surface area contributed by atoms with Crippen LogP contribution in [0.15, 0.2) is 4.52 Å². The first-order valence-electron chi connectivity index (χ1n) is 14.9. The highest BCUT2D eigenvalue weighted by molar-refractivity contribution is 7.16. The topological polar surface area (TPSA) is 173 Å². The van der Waals surface area contributed by atoms with E-state index in [1.165, 1.54) is 11.3 Å². The average Bonchev–Trinajstić information content (AvgIpc) is 3.66. The molecule has 0 aromatic carbocycles. The lowest BCUT2D eigenvalue weighted by Crippen LogP contribution is -2.43. The molecule has 3 aliphatic rings. The molecule has 15 heteroatoms. The van der Waals surface area contributed by atoms with E-state index in [1.807, 2.05) is 37.6 Å². The van der Waals surface area contributed by atoms with Crippen molar-refractivity contribution in [1.29, 1.82) is 5.26 Å². The third-order valence-corrected chi connectivity index (χ3v) is 9.89. The molecule has 3 aromatic heterocycles. The molecule has 3 N–H and O–H groups in total. The van der Waals surface area contributed by atoms with Gasteiger partial charge in [0, 0.05) is 29.6 Å². The van der Waals surface area contributed by atoms with Crippen LogP contribution >= 0.6 is 11.3 Å². The van der Waals surface area contributed by atoms with Crippen molar-refractivity contribution in [2.45, 2.75) is 88.8 Å². The van der Waals surface area contributed by atoms with E-state index >= 15 is 0 Å². The number of aryl methyl sites for hydroxylation is 1. The number of nitrogens with two attached hydrogens (primary N) is 1. The summed E-state index contributed by atoms with van der Waals surface area (Å²) in [5.41, 5.74) is 5.63. The molecular weight excluding hydrogens is 589 g/mol. The van der Waals surface area contributed by atoms with Crippen LogP contribution in [0.1, 0.15) is 68.9 Å². The lowest BCUT2D eigenvalue weighted by molar-refractivity contribution is -0.0349. The number of nitrogens with zero attached hydrogens (tertiary/aromatic N) is 8. The molecule has 0 saturated carbocycles. The third kappa shape index (κ3) is 5.71. The van der Waals surface area contributed by atoms with Crippen molar-refractivity contribution >= 4 is 22.3 Å². The number of aliphatic hydroxyl groups is 1. The maximum absolute atomic E-state index is 14.2. The Labute approximate surface area is 259 Å². The average molecular weight is 628 g/mol. The molecule has 44 heavy (non-hydrogen) atoms. The summed E-state index contributed by atoms with van der Waals surface area (Å²) in [7, 11) is 1.87. The van der Waals surface area contributed by atoms with Gasteiger partial charge in [-0.2, -0.15) is 25.2 Å². The molecule has 2 aliphatic heterocycles. The molecule has 6 rings (SSSR count). The molecule has 13 nitrogen and oxygen atoms in total. The molecule has 0 bridgehead atoms. The minimum atomic E-state index is -1.15. The molecule has 2 saturated heterocycles. The number of anilines is 2. The number of nitriles is 1. The zero-order chi connectivity index (χ0) is 31.4. The van der Waals surface area contributed by atoms with Gasteiger partial charge in [0.15, 0.2) is 0 Å². The number of likely N-dealkylation sites (N-methyl/N-ethyl adjacent to an activating group) is 1. The van der Waals surface area contributed by atoms with Crippen LogP contribution in [0, 0.1) is 11.3 Å². The van der Waals surface area contributed by atoms with Gasteiger partial charge in [-0.05, 0) is 60.4 Å². The van der Waals surface area contributed by atoms with E-state index in [0.717, 1.165) is 23.3 Å². The SMILES string of the molecule is C[C@@H]1CN(c2nc(O[C@@H](C)[C@@H]3C[C@@H](F)CN3C)nc(-c3noc([C@@]4(C)CCCc5sc(N)c(C#N)c54)n3)n2)C[C@@](C)(O)CO1. The molecule has 0 spiro atoms. The Bertz CT molecular complexity index is 1570. The number of hydrogen-bond donors (Lipinski definition) is 2. The van der Waals surface area contributed by atoms with E-state index in [4.69, 9.17) is 29.7 Å². The van der Waals surface area contributed by atoms with Crippen molar-refractivity contribution in [1.82, 2.24) is 30.0 Å². The van der Waals surface area contributed by atoms with Crippen LogP contribution in [-0.4, -0.2) is 98.4 Å². The number of β-amino-alcohol motifs (C(OH)–C–C–N with tert-alkyl or cyclic N) is 1. The minimum absolute atomic E-state index is 0.0283. The molecule has 2 fully saturated rings. The highest BCUT2D eigenvalue weighted by atomic mass is 32.1. The summed E-state index contributed by atoms with van der Waals surface area (Å²) in [6.07, 6.45) is 1.20. The summed E-state index contributed by atoms with van der Waals surface area (Å²) in [5.74, 6) is 0.844. The molecular formula is C29H38FN9O4S. The van der Waals surface area contributed by atoms with Gasteiger partial charge in [0.1, 0.15) is 28.9 Å². The predicted molar refractivity (Wildman–Crippen MR) is 160 cm³/mol. The van der Waals surface area contributed by atoms with Gasteiger partial charge in [-0.3, -0.25) is 4.90 Å². The quantitative estimate of drug-likeness (QED) is 0.409. The molecule has 3 aromatic rings. The lowest BCUT2D eigenvalue weighted by atomic mass is 9.72. The second-order valence-corrected chi connectivity index (χ2v) is 13.9. The smallest absolute Gasteiger partial charge is 0.322 e. The Kier molecular flexibility index (Phi) is 7.98. The third-order valence-electron chi connectivity index (χ3n) is 8.81.